The molecule has 0 aliphatic rings. The smallest absolute Gasteiger partial charge is 0.317 e. The maximum atomic E-state index is 11.1. The Bertz CT molecular complexity index is 479. The summed E-state index contributed by atoms with van der Waals surface area (Å²) in [6.07, 6.45) is 3.24. The third kappa shape index (κ3) is 4.30. The molecule has 0 radical (unpaired) electrons. The predicted molar refractivity (Wildman–Crippen MR) is 73.2 cm³/mol. The zero-order valence-electron chi connectivity index (χ0n) is 11.0. The van der Waals surface area contributed by atoms with Gasteiger partial charge in [-0.15, -0.1) is 0 Å². The minimum atomic E-state index is -0.725. The SMILES string of the molecule is CCC(CCCSc1nc(=O)c(=O)[nH]n1C)NC. The van der Waals surface area contributed by atoms with Crippen molar-refractivity contribution >= 4 is 11.8 Å². The lowest BCUT2D eigenvalue weighted by molar-refractivity contribution is 0.504. The molecule has 2 N–H and O–H groups in total. The first-order valence-corrected chi connectivity index (χ1v) is 7.04. The van der Waals surface area contributed by atoms with Crippen molar-refractivity contribution in [3.63, 3.8) is 0 Å². The summed E-state index contributed by atoms with van der Waals surface area (Å²) in [5, 5.41) is 6.24. The Morgan fingerprint density at radius 1 is 1.50 bits per heavy atom. The van der Waals surface area contributed by atoms with Crippen LogP contribution in [0.3, 0.4) is 0 Å². The van der Waals surface area contributed by atoms with Gasteiger partial charge in [0.05, 0.1) is 0 Å². The van der Waals surface area contributed by atoms with E-state index in [0.717, 1.165) is 25.0 Å². The van der Waals surface area contributed by atoms with Crippen LogP contribution < -0.4 is 16.4 Å². The number of aromatic nitrogens is 3. The monoisotopic (exact) mass is 272 g/mol. The molecular weight excluding hydrogens is 252 g/mol. The van der Waals surface area contributed by atoms with Crippen LogP contribution in [0.15, 0.2) is 14.7 Å². The number of thioether (sulfide) groups is 1. The van der Waals surface area contributed by atoms with Crippen molar-refractivity contribution in [3.05, 3.63) is 20.7 Å². The second-order valence-electron chi connectivity index (χ2n) is 4.08. The highest BCUT2D eigenvalue weighted by Gasteiger charge is 2.06. The third-order valence-corrected chi connectivity index (χ3v) is 3.89. The van der Waals surface area contributed by atoms with E-state index in [0.29, 0.717) is 11.2 Å². The zero-order chi connectivity index (χ0) is 13.5. The van der Waals surface area contributed by atoms with E-state index in [9.17, 15) is 9.59 Å². The fraction of sp³-hybridized carbons (Fsp3) is 0.727. The summed E-state index contributed by atoms with van der Waals surface area (Å²) < 4.78 is 1.49. The lowest BCUT2D eigenvalue weighted by atomic mass is 10.1. The molecule has 18 heavy (non-hydrogen) atoms. The lowest BCUT2D eigenvalue weighted by Gasteiger charge is -2.13. The minimum absolute atomic E-state index is 0.540. The molecule has 1 heterocycles. The molecule has 0 saturated carbocycles. The van der Waals surface area contributed by atoms with Crippen LogP contribution in [-0.2, 0) is 7.05 Å². The maximum absolute atomic E-state index is 11.1. The summed E-state index contributed by atoms with van der Waals surface area (Å²) in [5.41, 5.74) is -1.40. The van der Waals surface area contributed by atoms with Gasteiger partial charge in [-0.2, -0.15) is 4.98 Å². The molecule has 6 nitrogen and oxygen atoms in total. The molecule has 102 valence electrons. The van der Waals surface area contributed by atoms with Gasteiger partial charge in [-0.1, -0.05) is 18.7 Å². The summed E-state index contributed by atoms with van der Waals surface area (Å²) >= 11 is 1.49. The van der Waals surface area contributed by atoms with Gasteiger partial charge >= 0.3 is 11.1 Å². The van der Waals surface area contributed by atoms with Crippen molar-refractivity contribution in [2.45, 2.75) is 37.4 Å². The van der Waals surface area contributed by atoms with Crippen LogP contribution >= 0.6 is 11.8 Å². The highest BCUT2D eigenvalue weighted by molar-refractivity contribution is 7.99. The van der Waals surface area contributed by atoms with E-state index in [2.05, 4.69) is 22.3 Å². The molecule has 0 bridgehead atoms. The van der Waals surface area contributed by atoms with Crippen LogP contribution in [0.5, 0.6) is 0 Å². The number of nitrogens with one attached hydrogen (secondary N) is 2. The Hall–Kier alpha value is -1.08. The fourth-order valence-corrected chi connectivity index (χ4v) is 2.52. The van der Waals surface area contributed by atoms with Crippen molar-refractivity contribution < 1.29 is 0 Å². The van der Waals surface area contributed by atoms with E-state index >= 15 is 0 Å². The van der Waals surface area contributed by atoms with E-state index in [1.807, 2.05) is 7.05 Å². The molecule has 1 atom stereocenters. The van der Waals surface area contributed by atoms with E-state index in [-0.39, 0.29) is 0 Å². The van der Waals surface area contributed by atoms with Crippen LogP contribution in [-0.4, -0.2) is 33.6 Å². The molecule has 0 spiro atoms. The van der Waals surface area contributed by atoms with Gasteiger partial charge in [0.15, 0.2) is 5.16 Å². The summed E-state index contributed by atoms with van der Waals surface area (Å²) in [7, 11) is 3.65. The van der Waals surface area contributed by atoms with E-state index in [1.165, 1.54) is 16.4 Å². The largest absolute Gasteiger partial charge is 0.339 e. The van der Waals surface area contributed by atoms with E-state index in [4.69, 9.17) is 0 Å². The Balaban J connectivity index is 2.47. The molecule has 1 unspecified atom stereocenters. The Morgan fingerprint density at radius 2 is 2.22 bits per heavy atom. The molecule has 7 heteroatoms. The normalized spacial score (nSPS) is 12.6. The topological polar surface area (TPSA) is 79.8 Å². The summed E-state index contributed by atoms with van der Waals surface area (Å²) in [6.45, 7) is 2.15. The fourth-order valence-electron chi connectivity index (χ4n) is 1.64. The number of hydrogen-bond donors (Lipinski definition) is 2. The molecule has 0 amide bonds. The molecule has 1 aromatic rings. The quantitative estimate of drug-likeness (QED) is 0.425. The van der Waals surface area contributed by atoms with Crippen LogP contribution in [0.25, 0.3) is 0 Å². The second kappa shape index (κ2) is 7.38. The van der Waals surface area contributed by atoms with Crippen LogP contribution in [0, 0.1) is 0 Å². The maximum Gasteiger partial charge on any atom is 0.339 e. The van der Waals surface area contributed by atoms with Gasteiger partial charge < -0.3 is 5.32 Å². The number of hydrogen-bond acceptors (Lipinski definition) is 5. The summed E-state index contributed by atoms with van der Waals surface area (Å²) in [4.78, 5) is 25.9. The van der Waals surface area contributed by atoms with Crippen LogP contribution in [0.4, 0.5) is 0 Å². The number of rotatable bonds is 7. The predicted octanol–water partition coefficient (Wildman–Crippen LogP) is 0.339. The third-order valence-electron chi connectivity index (χ3n) is 2.78. The van der Waals surface area contributed by atoms with Gasteiger partial charge in [-0.25, -0.2) is 0 Å². The van der Waals surface area contributed by atoms with Gasteiger partial charge in [0.1, 0.15) is 0 Å². The molecule has 0 aliphatic heterocycles. The highest BCUT2D eigenvalue weighted by Crippen LogP contribution is 2.14. The first kappa shape index (κ1) is 15.0. The summed E-state index contributed by atoms with van der Waals surface area (Å²) in [5.74, 6) is 0.879. The Kier molecular flexibility index (Phi) is 6.14. The van der Waals surface area contributed by atoms with Crippen LogP contribution in [0.1, 0.15) is 26.2 Å². The molecule has 0 saturated heterocycles. The number of nitrogens with zero attached hydrogens (tertiary/aromatic N) is 2. The van der Waals surface area contributed by atoms with Gasteiger partial charge in [0.25, 0.3) is 0 Å². The summed E-state index contributed by atoms with van der Waals surface area (Å²) in [6, 6.07) is 0.540. The van der Waals surface area contributed by atoms with Gasteiger partial charge in [-0.05, 0) is 26.3 Å². The average Bonchev–Trinajstić information content (AvgIpc) is 2.35. The average molecular weight is 272 g/mol. The highest BCUT2D eigenvalue weighted by atomic mass is 32.2. The minimum Gasteiger partial charge on any atom is -0.317 e. The van der Waals surface area contributed by atoms with Gasteiger partial charge in [0.2, 0.25) is 0 Å². The number of H-pyrrole nitrogens is 1. The number of aromatic amines is 1. The molecule has 0 aromatic carbocycles. The van der Waals surface area contributed by atoms with Crippen molar-refractivity contribution in [3.8, 4) is 0 Å². The van der Waals surface area contributed by atoms with Gasteiger partial charge in [0, 0.05) is 18.8 Å². The standard InChI is InChI=1S/C11H20N4O2S/c1-4-8(12-2)6-5-7-18-11-13-9(16)10(17)14-15(11)3/h8,12H,4-7H2,1-3H3,(H,14,17). The number of aryl methyl sites for hydroxylation is 1. The van der Waals surface area contributed by atoms with E-state index in [1.54, 1.807) is 7.05 Å². The molecule has 1 rings (SSSR count). The molecule has 0 fully saturated rings. The second-order valence-corrected chi connectivity index (χ2v) is 5.15. The molecular formula is C11H20N4O2S. The Morgan fingerprint density at radius 3 is 2.83 bits per heavy atom. The van der Waals surface area contributed by atoms with Crippen molar-refractivity contribution in [1.82, 2.24) is 20.1 Å². The van der Waals surface area contributed by atoms with Crippen LogP contribution in [0.2, 0.25) is 0 Å². The van der Waals surface area contributed by atoms with E-state index < -0.39 is 11.1 Å². The first-order chi connectivity index (χ1) is 8.58. The molecule has 0 aliphatic carbocycles. The van der Waals surface area contributed by atoms with Crippen molar-refractivity contribution in [2.75, 3.05) is 12.8 Å². The molecule has 1 aromatic heterocycles. The van der Waals surface area contributed by atoms with Crippen molar-refractivity contribution in [2.24, 2.45) is 7.05 Å². The van der Waals surface area contributed by atoms with Gasteiger partial charge in [-0.3, -0.25) is 19.4 Å². The lowest BCUT2D eigenvalue weighted by Crippen LogP contribution is -2.33. The zero-order valence-corrected chi connectivity index (χ0v) is 11.8. The Labute approximate surface area is 110 Å². The van der Waals surface area contributed by atoms with Crippen molar-refractivity contribution in [1.29, 1.82) is 0 Å². The first-order valence-electron chi connectivity index (χ1n) is 6.05.